The van der Waals surface area contributed by atoms with Gasteiger partial charge in [0.25, 0.3) is 0 Å². The van der Waals surface area contributed by atoms with Crippen molar-refractivity contribution in [3.8, 4) is 11.3 Å². The number of nitrogens with zero attached hydrogens (tertiary/aromatic N) is 2. The molecular weight excluding hydrogens is 343 g/mol. The molecule has 0 N–H and O–H groups in total. The summed E-state index contributed by atoms with van der Waals surface area (Å²) in [6, 6.07) is 19.1. The standard InChI is InChI=1S/C22H15FN2S/c23-18-7-5-17(6-8-18)21-20(13-15-10-12-26-14-15)25-11-9-16-3-1-2-4-19(16)22(25)24-21/h1-12,14H,13H2. The molecule has 3 aromatic heterocycles. The van der Waals surface area contributed by atoms with Gasteiger partial charge in [0.15, 0.2) is 0 Å². The van der Waals surface area contributed by atoms with Crippen LogP contribution in [-0.2, 0) is 6.42 Å². The van der Waals surface area contributed by atoms with Crippen molar-refractivity contribution in [2.75, 3.05) is 0 Å². The Morgan fingerprint density at radius 1 is 0.962 bits per heavy atom. The number of rotatable bonds is 3. The molecule has 0 bridgehead atoms. The van der Waals surface area contributed by atoms with Crippen LogP contribution in [0.3, 0.4) is 0 Å². The second-order valence-corrected chi connectivity index (χ2v) is 7.10. The normalized spacial score (nSPS) is 11.4. The molecule has 26 heavy (non-hydrogen) atoms. The molecule has 3 heterocycles. The molecular formula is C22H15FN2S. The van der Waals surface area contributed by atoms with Gasteiger partial charge in [0.1, 0.15) is 11.5 Å². The Hall–Kier alpha value is -2.98. The second kappa shape index (κ2) is 6.07. The SMILES string of the molecule is Fc1ccc(-c2nc3c4ccccc4ccn3c2Cc2ccsc2)cc1. The first-order valence-corrected chi connectivity index (χ1v) is 9.39. The van der Waals surface area contributed by atoms with Gasteiger partial charge in [0.2, 0.25) is 0 Å². The van der Waals surface area contributed by atoms with Crippen LogP contribution >= 0.6 is 11.3 Å². The maximum atomic E-state index is 13.4. The molecule has 0 unspecified atom stereocenters. The Kier molecular flexibility index (Phi) is 3.57. The number of aromatic nitrogens is 2. The van der Waals surface area contributed by atoms with Gasteiger partial charge in [0, 0.05) is 23.6 Å². The molecule has 4 heteroatoms. The Morgan fingerprint density at radius 3 is 2.62 bits per heavy atom. The molecule has 0 aliphatic rings. The van der Waals surface area contributed by atoms with Gasteiger partial charge in [-0.05, 0) is 58.1 Å². The minimum Gasteiger partial charge on any atom is -0.303 e. The molecule has 0 aliphatic carbocycles. The van der Waals surface area contributed by atoms with Gasteiger partial charge in [-0.3, -0.25) is 0 Å². The number of halogens is 1. The molecule has 0 saturated carbocycles. The van der Waals surface area contributed by atoms with Crippen LogP contribution in [0.25, 0.3) is 27.7 Å². The van der Waals surface area contributed by atoms with Crippen molar-refractivity contribution < 1.29 is 4.39 Å². The summed E-state index contributed by atoms with van der Waals surface area (Å²) >= 11 is 1.69. The highest BCUT2D eigenvalue weighted by molar-refractivity contribution is 7.07. The lowest BCUT2D eigenvalue weighted by atomic mass is 10.1. The van der Waals surface area contributed by atoms with Crippen molar-refractivity contribution in [2.24, 2.45) is 0 Å². The van der Waals surface area contributed by atoms with Crippen LogP contribution in [0.5, 0.6) is 0 Å². The van der Waals surface area contributed by atoms with E-state index < -0.39 is 0 Å². The van der Waals surface area contributed by atoms with Gasteiger partial charge in [0.05, 0.1) is 11.4 Å². The monoisotopic (exact) mass is 358 g/mol. The highest BCUT2D eigenvalue weighted by Gasteiger charge is 2.16. The number of imidazole rings is 1. The third-order valence-electron chi connectivity index (χ3n) is 4.68. The molecule has 5 aromatic rings. The van der Waals surface area contributed by atoms with E-state index in [1.165, 1.54) is 17.7 Å². The molecule has 2 aromatic carbocycles. The summed E-state index contributed by atoms with van der Waals surface area (Å²) in [6.45, 7) is 0. The van der Waals surface area contributed by atoms with Crippen molar-refractivity contribution in [2.45, 2.75) is 6.42 Å². The van der Waals surface area contributed by atoms with E-state index in [1.807, 2.05) is 12.1 Å². The Labute approximate surface area is 154 Å². The van der Waals surface area contributed by atoms with E-state index in [0.29, 0.717) is 0 Å². The molecule has 126 valence electrons. The summed E-state index contributed by atoms with van der Waals surface area (Å²) < 4.78 is 15.6. The first-order chi connectivity index (χ1) is 12.8. The zero-order valence-electron chi connectivity index (χ0n) is 13.9. The van der Waals surface area contributed by atoms with Gasteiger partial charge in [-0.15, -0.1) is 0 Å². The summed E-state index contributed by atoms with van der Waals surface area (Å²) in [5.41, 5.74) is 5.16. The minimum atomic E-state index is -0.234. The van der Waals surface area contributed by atoms with Crippen molar-refractivity contribution >= 4 is 27.8 Å². The van der Waals surface area contributed by atoms with Crippen LogP contribution in [0, 0.1) is 5.82 Å². The first kappa shape index (κ1) is 15.3. The number of thiophene rings is 1. The van der Waals surface area contributed by atoms with Gasteiger partial charge >= 0.3 is 0 Å². The van der Waals surface area contributed by atoms with Gasteiger partial charge < -0.3 is 4.40 Å². The molecule has 0 amide bonds. The van der Waals surface area contributed by atoms with E-state index in [4.69, 9.17) is 4.98 Å². The third kappa shape index (κ3) is 2.50. The lowest BCUT2D eigenvalue weighted by Gasteiger charge is -2.06. The van der Waals surface area contributed by atoms with Crippen LogP contribution in [0.1, 0.15) is 11.3 Å². The van der Waals surface area contributed by atoms with Crippen LogP contribution in [-0.4, -0.2) is 9.38 Å². The van der Waals surface area contributed by atoms with E-state index >= 15 is 0 Å². The van der Waals surface area contributed by atoms with Gasteiger partial charge in [-0.25, -0.2) is 9.37 Å². The lowest BCUT2D eigenvalue weighted by Crippen LogP contribution is -1.96. The fraction of sp³-hybridized carbons (Fsp3) is 0.0455. The van der Waals surface area contributed by atoms with Crippen LogP contribution in [0.15, 0.2) is 77.6 Å². The van der Waals surface area contributed by atoms with Crippen LogP contribution < -0.4 is 0 Å². The highest BCUT2D eigenvalue weighted by atomic mass is 32.1. The number of fused-ring (bicyclic) bond motifs is 3. The predicted molar refractivity (Wildman–Crippen MR) is 105 cm³/mol. The van der Waals surface area contributed by atoms with Gasteiger partial charge in [-0.2, -0.15) is 11.3 Å². The molecule has 0 radical (unpaired) electrons. The fourth-order valence-electron chi connectivity index (χ4n) is 3.41. The van der Waals surface area contributed by atoms with E-state index in [9.17, 15) is 4.39 Å². The number of hydrogen-bond donors (Lipinski definition) is 0. The number of hydrogen-bond acceptors (Lipinski definition) is 2. The van der Waals surface area contributed by atoms with Crippen LogP contribution in [0.4, 0.5) is 4.39 Å². The second-order valence-electron chi connectivity index (χ2n) is 6.32. The lowest BCUT2D eigenvalue weighted by molar-refractivity contribution is 0.628. The maximum absolute atomic E-state index is 13.4. The van der Waals surface area contributed by atoms with E-state index in [-0.39, 0.29) is 5.82 Å². The third-order valence-corrected chi connectivity index (χ3v) is 5.42. The van der Waals surface area contributed by atoms with Gasteiger partial charge in [-0.1, -0.05) is 24.3 Å². The summed E-state index contributed by atoms with van der Waals surface area (Å²) in [4.78, 5) is 4.97. The zero-order chi connectivity index (χ0) is 17.5. The molecule has 0 atom stereocenters. The Morgan fingerprint density at radius 2 is 1.81 bits per heavy atom. The average Bonchev–Trinajstić information content (AvgIpc) is 3.31. The summed E-state index contributed by atoms with van der Waals surface area (Å²) in [5.74, 6) is -0.234. The summed E-state index contributed by atoms with van der Waals surface area (Å²) in [5, 5.41) is 6.54. The summed E-state index contributed by atoms with van der Waals surface area (Å²) in [6.07, 6.45) is 2.87. The molecule has 5 rings (SSSR count). The van der Waals surface area contributed by atoms with Crippen molar-refractivity contribution in [1.82, 2.24) is 9.38 Å². The minimum absolute atomic E-state index is 0.234. The largest absolute Gasteiger partial charge is 0.303 e. The topological polar surface area (TPSA) is 17.3 Å². The first-order valence-electron chi connectivity index (χ1n) is 8.45. The maximum Gasteiger partial charge on any atom is 0.145 e. The predicted octanol–water partition coefficient (Wildman–Crippen LogP) is 5.95. The highest BCUT2D eigenvalue weighted by Crippen LogP contribution is 2.30. The molecule has 0 spiro atoms. The fourth-order valence-corrected chi connectivity index (χ4v) is 4.08. The average molecular weight is 358 g/mol. The molecule has 0 saturated heterocycles. The summed E-state index contributed by atoms with van der Waals surface area (Å²) in [7, 11) is 0. The van der Waals surface area contributed by atoms with E-state index in [0.717, 1.165) is 39.8 Å². The Balaban J connectivity index is 1.80. The zero-order valence-corrected chi connectivity index (χ0v) is 14.7. The molecule has 2 nitrogen and oxygen atoms in total. The van der Waals surface area contributed by atoms with E-state index in [1.54, 1.807) is 23.5 Å². The van der Waals surface area contributed by atoms with Crippen molar-refractivity contribution in [1.29, 1.82) is 0 Å². The molecule has 0 fully saturated rings. The number of pyridine rings is 1. The molecule has 0 aliphatic heterocycles. The Bertz CT molecular complexity index is 1200. The van der Waals surface area contributed by atoms with Crippen molar-refractivity contribution in [3.63, 3.8) is 0 Å². The van der Waals surface area contributed by atoms with Crippen LogP contribution in [0.2, 0.25) is 0 Å². The smallest absolute Gasteiger partial charge is 0.145 e. The quantitative estimate of drug-likeness (QED) is 0.390. The van der Waals surface area contributed by atoms with Crippen molar-refractivity contribution in [3.05, 3.63) is 94.7 Å². The van der Waals surface area contributed by atoms with E-state index in [2.05, 4.69) is 45.6 Å². The number of benzene rings is 2.